The number of carbonyl (C=O) groups excluding carboxylic acids is 1. The lowest BCUT2D eigenvalue weighted by Crippen LogP contribution is -2.36. The molecule has 7 heteroatoms. The molecule has 148 valence electrons. The molecule has 7 nitrogen and oxygen atoms in total. The van der Waals surface area contributed by atoms with E-state index in [1.54, 1.807) is 19.1 Å². The van der Waals surface area contributed by atoms with Crippen molar-refractivity contribution >= 4 is 16.9 Å². The van der Waals surface area contributed by atoms with Crippen LogP contribution in [-0.2, 0) is 24.3 Å². The minimum atomic E-state index is -0.694. The summed E-state index contributed by atoms with van der Waals surface area (Å²) in [5.41, 5.74) is 2.85. The van der Waals surface area contributed by atoms with Crippen LogP contribution in [0.2, 0.25) is 0 Å². The van der Waals surface area contributed by atoms with Crippen molar-refractivity contribution in [1.29, 1.82) is 0 Å². The number of nitrogens with zero attached hydrogens (tertiary/aromatic N) is 2. The molecule has 2 aromatic heterocycles. The molecule has 0 saturated carbocycles. The normalized spacial score (nSPS) is 12.1. The third-order valence-electron chi connectivity index (χ3n) is 4.69. The summed E-state index contributed by atoms with van der Waals surface area (Å²) < 4.78 is 12.9. The van der Waals surface area contributed by atoms with Crippen LogP contribution < -0.4 is 15.7 Å². The fourth-order valence-corrected chi connectivity index (χ4v) is 3.05. The van der Waals surface area contributed by atoms with Gasteiger partial charge < -0.3 is 14.5 Å². The van der Waals surface area contributed by atoms with E-state index in [-0.39, 0.29) is 5.91 Å². The Balaban J connectivity index is 1.67. The summed E-state index contributed by atoms with van der Waals surface area (Å²) in [7, 11) is 0. The van der Waals surface area contributed by atoms with Crippen LogP contribution in [0.4, 0.5) is 0 Å². The van der Waals surface area contributed by atoms with Gasteiger partial charge in [-0.15, -0.1) is 0 Å². The van der Waals surface area contributed by atoms with E-state index in [0.29, 0.717) is 17.9 Å². The average molecular weight is 383 g/mol. The maximum Gasteiger partial charge on any atom is 0.336 e. The van der Waals surface area contributed by atoms with Crippen LogP contribution in [0.25, 0.3) is 11.0 Å². The molecular formula is C21H25N3O4. The Hall–Kier alpha value is -3.09. The molecule has 0 bridgehead atoms. The van der Waals surface area contributed by atoms with Gasteiger partial charge in [0.1, 0.15) is 11.3 Å². The lowest BCUT2D eigenvalue weighted by Gasteiger charge is -2.15. The van der Waals surface area contributed by atoms with Crippen LogP contribution in [-0.4, -0.2) is 21.8 Å². The van der Waals surface area contributed by atoms with Crippen molar-refractivity contribution in [3.05, 3.63) is 57.7 Å². The molecule has 1 N–H and O–H groups in total. The van der Waals surface area contributed by atoms with Crippen molar-refractivity contribution in [2.75, 3.05) is 0 Å². The van der Waals surface area contributed by atoms with Gasteiger partial charge in [-0.3, -0.25) is 9.48 Å². The number of hydrogen-bond donors (Lipinski definition) is 1. The molecule has 0 aliphatic rings. The van der Waals surface area contributed by atoms with Gasteiger partial charge in [0.2, 0.25) is 0 Å². The van der Waals surface area contributed by atoms with Crippen molar-refractivity contribution < 1.29 is 13.9 Å². The molecule has 0 aliphatic carbocycles. The van der Waals surface area contributed by atoms with Gasteiger partial charge in [0.15, 0.2) is 6.10 Å². The minimum absolute atomic E-state index is 0.229. The average Bonchev–Trinajstić information content (AvgIpc) is 3.04. The van der Waals surface area contributed by atoms with E-state index >= 15 is 0 Å². The van der Waals surface area contributed by atoms with Crippen LogP contribution in [0, 0.1) is 6.92 Å². The molecular weight excluding hydrogens is 358 g/mol. The number of nitrogens with one attached hydrogen (secondary N) is 1. The second kappa shape index (κ2) is 8.29. The number of benzene rings is 1. The first-order valence-electron chi connectivity index (χ1n) is 9.45. The number of amides is 1. The van der Waals surface area contributed by atoms with E-state index in [0.717, 1.165) is 35.2 Å². The third-order valence-corrected chi connectivity index (χ3v) is 4.69. The fourth-order valence-electron chi connectivity index (χ4n) is 3.05. The van der Waals surface area contributed by atoms with E-state index in [2.05, 4.69) is 10.4 Å². The van der Waals surface area contributed by atoms with E-state index in [4.69, 9.17) is 9.15 Å². The molecule has 1 unspecified atom stereocenters. The minimum Gasteiger partial charge on any atom is -0.481 e. The smallest absolute Gasteiger partial charge is 0.336 e. The van der Waals surface area contributed by atoms with E-state index in [9.17, 15) is 9.59 Å². The highest BCUT2D eigenvalue weighted by Crippen LogP contribution is 2.23. The van der Waals surface area contributed by atoms with Gasteiger partial charge in [-0.25, -0.2) is 4.79 Å². The number of fused-ring (bicyclic) bond motifs is 1. The highest BCUT2D eigenvalue weighted by molar-refractivity contribution is 5.83. The highest BCUT2D eigenvalue weighted by atomic mass is 16.5. The molecule has 1 atom stereocenters. The van der Waals surface area contributed by atoms with Crippen LogP contribution in [0.1, 0.15) is 37.6 Å². The number of aryl methyl sites for hydroxylation is 3. The summed E-state index contributed by atoms with van der Waals surface area (Å²) in [5, 5.41) is 8.11. The lowest BCUT2D eigenvalue weighted by atomic mass is 10.1. The number of hydrogen-bond acceptors (Lipinski definition) is 5. The summed E-state index contributed by atoms with van der Waals surface area (Å²) >= 11 is 0. The Bertz CT molecular complexity index is 1050. The Labute approximate surface area is 163 Å². The molecule has 0 spiro atoms. The number of aromatic nitrogens is 2. The molecule has 0 aliphatic heterocycles. The molecule has 0 radical (unpaired) electrons. The van der Waals surface area contributed by atoms with Crippen LogP contribution in [0.15, 0.2) is 39.7 Å². The summed E-state index contributed by atoms with van der Waals surface area (Å²) in [6.07, 6.45) is 1.97. The third kappa shape index (κ3) is 4.24. The summed E-state index contributed by atoms with van der Waals surface area (Å²) in [5.74, 6) is 0.244. The Kier molecular flexibility index (Phi) is 5.82. The van der Waals surface area contributed by atoms with Gasteiger partial charge in [0.05, 0.1) is 5.69 Å². The Morgan fingerprint density at radius 2 is 2.07 bits per heavy atom. The topological polar surface area (TPSA) is 86.4 Å². The van der Waals surface area contributed by atoms with Gasteiger partial charge in [-0.2, -0.15) is 5.10 Å². The predicted octanol–water partition coefficient (Wildman–Crippen LogP) is 2.96. The second-order valence-corrected chi connectivity index (χ2v) is 6.68. The van der Waals surface area contributed by atoms with Gasteiger partial charge in [-0.05, 0) is 44.9 Å². The maximum absolute atomic E-state index is 12.4. The monoisotopic (exact) mass is 383 g/mol. The van der Waals surface area contributed by atoms with E-state index < -0.39 is 11.7 Å². The standard InChI is InChI=1S/C21H25N3O4/c1-5-15-9-20(25)28-19-10-17(7-8-18(15)19)27-14(4)21(26)22-11-16-12-24(6-2)23-13(16)3/h7-10,12,14H,5-6,11H2,1-4H3,(H,22,26). The predicted molar refractivity (Wildman–Crippen MR) is 106 cm³/mol. The number of carbonyl (C=O) groups is 1. The van der Waals surface area contributed by atoms with Gasteiger partial charge >= 0.3 is 5.63 Å². The SMILES string of the molecule is CCc1cc(=O)oc2cc(OC(C)C(=O)NCc3cn(CC)nc3C)ccc12. The van der Waals surface area contributed by atoms with Crippen LogP contribution in [0.5, 0.6) is 5.75 Å². The van der Waals surface area contributed by atoms with Crippen molar-refractivity contribution in [2.24, 2.45) is 0 Å². The largest absolute Gasteiger partial charge is 0.481 e. The first-order valence-corrected chi connectivity index (χ1v) is 9.45. The molecule has 1 amide bonds. The molecule has 1 aromatic carbocycles. The molecule has 3 rings (SSSR count). The van der Waals surface area contributed by atoms with Crippen LogP contribution in [0.3, 0.4) is 0 Å². The number of rotatable bonds is 7. The Morgan fingerprint density at radius 1 is 1.29 bits per heavy atom. The summed E-state index contributed by atoms with van der Waals surface area (Å²) in [6, 6.07) is 6.77. The first kappa shape index (κ1) is 19.7. The van der Waals surface area contributed by atoms with Gasteiger partial charge in [0, 0.05) is 42.4 Å². The van der Waals surface area contributed by atoms with Gasteiger partial charge in [0.25, 0.3) is 5.91 Å². The lowest BCUT2D eigenvalue weighted by molar-refractivity contribution is -0.127. The van der Waals surface area contributed by atoms with Crippen molar-refractivity contribution in [3.8, 4) is 5.75 Å². The van der Waals surface area contributed by atoms with E-state index in [1.807, 2.05) is 37.7 Å². The van der Waals surface area contributed by atoms with Gasteiger partial charge in [-0.1, -0.05) is 6.92 Å². The van der Waals surface area contributed by atoms with Crippen molar-refractivity contribution in [2.45, 2.75) is 53.3 Å². The summed E-state index contributed by atoms with van der Waals surface area (Å²) in [6.45, 7) is 8.77. The zero-order valence-corrected chi connectivity index (χ0v) is 16.6. The van der Waals surface area contributed by atoms with E-state index in [1.165, 1.54) is 6.07 Å². The maximum atomic E-state index is 12.4. The Morgan fingerprint density at radius 3 is 2.75 bits per heavy atom. The van der Waals surface area contributed by atoms with Crippen molar-refractivity contribution in [3.63, 3.8) is 0 Å². The molecule has 2 heterocycles. The molecule has 28 heavy (non-hydrogen) atoms. The fraction of sp³-hybridized carbons (Fsp3) is 0.381. The summed E-state index contributed by atoms with van der Waals surface area (Å²) in [4.78, 5) is 24.1. The van der Waals surface area contributed by atoms with Crippen molar-refractivity contribution in [1.82, 2.24) is 15.1 Å². The molecule has 0 fully saturated rings. The molecule has 3 aromatic rings. The number of ether oxygens (including phenoxy) is 1. The zero-order chi connectivity index (χ0) is 20.3. The van der Waals surface area contributed by atoms with Crippen LogP contribution >= 0.6 is 0 Å². The zero-order valence-electron chi connectivity index (χ0n) is 16.6. The first-order chi connectivity index (χ1) is 13.4. The highest BCUT2D eigenvalue weighted by Gasteiger charge is 2.16. The molecule has 0 saturated heterocycles. The quantitative estimate of drug-likeness (QED) is 0.634. The second-order valence-electron chi connectivity index (χ2n) is 6.68.